The molecule has 0 unspecified atom stereocenters. The van der Waals surface area contributed by atoms with Crippen LogP contribution in [-0.2, 0) is 11.2 Å². The third-order valence-electron chi connectivity index (χ3n) is 4.52. The third kappa shape index (κ3) is 4.66. The smallest absolute Gasteiger partial charge is 0.247 e. The van der Waals surface area contributed by atoms with Crippen molar-refractivity contribution in [2.45, 2.75) is 64.3 Å². The molecule has 0 spiro atoms. The molecule has 1 saturated carbocycles. The molecule has 0 radical (unpaired) electrons. The molecule has 0 saturated heterocycles. The molecule has 3 rings (SSSR count). The molecule has 0 bridgehead atoms. The maximum Gasteiger partial charge on any atom is 0.247 e. The predicted octanol–water partition coefficient (Wildman–Crippen LogP) is 3.82. The fraction of sp³-hybridized carbons (Fsp3) is 0.526. The highest BCUT2D eigenvalue weighted by atomic mass is 16.4. The van der Waals surface area contributed by atoms with Gasteiger partial charge in [0.15, 0.2) is 0 Å². The fourth-order valence-corrected chi connectivity index (χ4v) is 3.19. The zero-order chi connectivity index (χ0) is 16.8. The number of aryl methyl sites for hydroxylation is 2. The van der Waals surface area contributed by atoms with Crippen molar-refractivity contribution in [1.82, 2.24) is 15.5 Å². The highest BCUT2D eigenvalue weighted by Crippen LogP contribution is 2.20. The van der Waals surface area contributed by atoms with Gasteiger partial charge in [0.2, 0.25) is 17.7 Å². The summed E-state index contributed by atoms with van der Waals surface area (Å²) in [5, 5.41) is 11.3. The Morgan fingerprint density at radius 1 is 1.21 bits per heavy atom. The van der Waals surface area contributed by atoms with E-state index in [9.17, 15) is 4.79 Å². The van der Waals surface area contributed by atoms with Crippen LogP contribution in [0.4, 0.5) is 0 Å². The maximum absolute atomic E-state index is 12.1. The number of hydrogen-bond donors (Lipinski definition) is 1. The van der Waals surface area contributed by atoms with E-state index in [2.05, 4.69) is 15.5 Å². The summed E-state index contributed by atoms with van der Waals surface area (Å²) < 4.78 is 5.68. The lowest BCUT2D eigenvalue weighted by Crippen LogP contribution is -2.34. The average Bonchev–Trinajstić information content (AvgIpc) is 2.91. The third-order valence-corrected chi connectivity index (χ3v) is 4.52. The van der Waals surface area contributed by atoms with Crippen molar-refractivity contribution < 1.29 is 9.21 Å². The van der Waals surface area contributed by atoms with Crippen molar-refractivity contribution in [2.24, 2.45) is 0 Å². The topological polar surface area (TPSA) is 68.0 Å². The predicted molar refractivity (Wildman–Crippen MR) is 92.4 cm³/mol. The molecule has 1 heterocycles. The summed E-state index contributed by atoms with van der Waals surface area (Å²) in [6.07, 6.45) is 8.09. The number of aromatic nitrogens is 2. The van der Waals surface area contributed by atoms with Gasteiger partial charge in [0.05, 0.1) is 0 Å². The highest BCUT2D eigenvalue weighted by molar-refractivity contribution is 5.76. The van der Waals surface area contributed by atoms with Gasteiger partial charge in [0, 0.05) is 24.4 Å². The molecule has 5 nitrogen and oxygen atoms in total. The first-order chi connectivity index (χ1) is 11.7. The lowest BCUT2D eigenvalue weighted by atomic mass is 10.1. The van der Waals surface area contributed by atoms with Gasteiger partial charge >= 0.3 is 0 Å². The second-order valence-electron chi connectivity index (χ2n) is 6.63. The first-order valence-electron chi connectivity index (χ1n) is 8.89. The Labute approximate surface area is 142 Å². The van der Waals surface area contributed by atoms with Gasteiger partial charge in [-0.05, 0) is 31.9 Å². The molecule has 1 N–H and O–H groups in total. The van der Waals surface area contributed by atoms with Crippen molar-refractivity contribution in [3.05, 3.63) is 35.7 Å². The number of amides is 1. The van der Waals surface area contributed by atoms with Crippen LogP contribution in [-0.4, -0.2) is 22.1 Å². The Kier molecular flexibility index (Phi) is 5.62. The molecular weight excluding hydrogens is 302 g/mol. The monoisotopic (exact) mass is 327 g/mol. The van der Waals surface area contributed by atoms with Crippen molar-refractivity contribution >= 4 is 5.91 Å². The molecule has 2 aromatic rings. The van der Waals surface area contributed by atoms with Gasteiger partial charge < -0.3 is 9.73 Å². The summed E-state index contributed by atoms with van der Waals surface area (Å²) >= 11 is 0. The number of benzene rings is 1. The molecule has 1 aliphatic carbocycles. The van der Waals surface area contributed by atoms with Crippen LogP contribution in [0.1, 0.15) is 56.4 Å². The Bertz CT molecular complexity index is 673. The normalized spacial score (nSPS) is 15.9. The minimum Gasteiger partial charge on any atom is -0.421 e. The Morgan fingerprint density at radius 2 is 2.00 bits per heavy atom. The van der Waals surface area contributed by atoms with Crippen LogP contribution in [0.5, 0.6) is 0 Å². The summed E-state index contributed by atoms with van der Waals surface area (Å²) in [7, 11) is 0. The number of hydrogen-bond acceptors (Lipinski definition) is 4. The molecule has 1 aromatic heterocycles. The van der Waals surface area contributed by atoms with Crippen molar-refractivity contribution in [1.29, 1.82) is 0 Å². The fourth-order valence-electron chi connectivity index (χ4n) is 3.19. The van der Waals surface area contributed by atoms with Gasteiger partial charge in [-0.1, -0.05) is 43.4 Å². The molecule has 0 atom stereocenters. The first kappa shape index (κ1) is 16.7. The highest BCUT2D eigenvalue weighted by Gasteiger charge is 2.16. The summed E-state index contributed by atoms with van der Waals surface area (Å²) in [4.78, 5) is 12.1. The van der Waals surface area contributed by atoms with Gasteiger partial charge in [0.1, 0.15) is 0 Å². The van der Waals surface area contributed by atoms with E-state index in [1.54, 1.807) is 0 Å². The van der Waals surface area contributed by atoms with Gasteiger partial charge in [-0.15, -0.1) is 10.2 Å². The first-order valence-corrected chi connectivity index (χ1v) is 8.89. The van der Waals surface area contributed by atoms with E-state index in [4.69, 9.17) is 4.42 Å². The number of rotatable bonds is 5. The van der Waals surface area contributed by atoms with Crippen LogP contribution in [0.15, 0.2) is 28.7 Å². The van der Waals surface area contributed by atoms with E-state index < -0.39 is 0 Å². The average molecular weight is 327 g/mol. The van der Waals surface area contributed by atoms with Crippen LogP contribution in [0.2, 0.25) is 0 Å². The van der Waals surface area contributed by atoms with E-state index in [1.807, 2.05) is 31.2 Å². The number of nitrogens with one attached hydrogen (secondary N) is 1. The molecule has 128 valence electrons. The summed E-state index contributed by atoms with van der Waals surface area (Å²) in [5.74, 6) is 1.11. The Balaban J connectivity index is 1.50. The molecule has 1 amide bonds. The molecule has 5 heteroatoms. The second kappa shape index (κ2) is 8.08. The molecule has 0 aliphatic heterocycles. The quantitative estimate of drug-likeness (QED) is 0.848. The lowest BCUT2D eigenvalue weighted by molar-refractivity contribution is -0.121. The molecule has 1 aliphatic rings. The maximum atomic E-state index is 12.1. The van der Waals surface area contributed by atoms with E-state index >= 15 is 0 Å². The van der Waals surface area contributed by atoms with Crippen molar-refractivity contribution in [2.75, 3.05) is 0 Å². The van der Waals surface area contributed by atoms with Gasteiger partial charge in [0.25, 0.3) is 0 Å². The van der Waals surface area contributed by atoms with Gasteiger partial charge in [-0.25, -0.2) is 0 Å². The van der Waals surface area contributed by atoms with Crippen LogP contribution >= 0.6 is 0 Å². The standard InChI is InChI=1S/C19H25N3O2/c1-14-7-6-8-15(13-14)19-22-21-18(24-19)12-11-17(23)20-16-9-4-2-3-5-10-16/h6-8,13,16H,2-5,9-12H2,1H3,(H,20,23). The molecule has 24 heavy (non-hydrogen) atoms. The van der Waals surface area contributed by atoms with Gasteiger partial charge in [-0.3, -0.25) is 4.79 Å². The summed E-state index contributed by atoms with van der Waals surface area (Å²) in [6.45, 7) is 2.03. The number of carbonyl (C=O) groups is 1. The van der Waals surface area contributed by atoms with Gasteiger partial charge in [-0.2, -0.15) is 0 Å². The number of carbonyl (C=O) groups excluding carboxylic acids is 1. The molecular formula is C19H25N3O2. The van der Waals surface area contributed by atoms with Crippen molar-refractivity contribution in [3.8, 4) is 11.5 Å². The van der Waals surface area contributed by atoms with Crippen LogP contribution in [0.25, 0.3) is 11.5 Å². The minimum atomic E-state index is 0.0807. The van der Waals surface area contributed by atoms with Crippen LogP contribution in [0, 0.1) is 6.92 Å². The van der Waals surface area contributed by atoms with Crippen LogP contribution < -0.4 is 5.32 Å². The Morgan fingerprint density at radius 3 is 2.75 bits per heavy atom. The Hall–Kier alpha value is -2.17. The molecule has 1 fully saturated rings. The van der Waals surface area contributed by atoms with Crippen molar-refractivity contribution in [3.63, 3.8) is 0 Å². The van der Waals surface area contributed by atoms with E-state index in [1.165, 1.54) is 25.7 Å². The molecule has 1 aromatic carbocycles. The zero-order valence-electron chi connectivity index (χ0n) is 14.3. The summed E-state index contributed by atoms with van der Waals surface area (Å²) in [5.41, 5.74) is 2.06. The minimum absolute atomic E-state index is 0.0807. The lowest BCUT2D eigenvalue weighted by Gasteiger charge is -2.15. The largest absolute Gasteiger partial charge is 0.421 e. The van der Waals surface area contributed by atoms with E-state index in [-0.39, 0.29) is 5.91 Å². The van der Waals surface area contributed by atoms with Crippen LogP contribution in [0.3, 0.4) is 0 Å². The SMILES string of the molecule is Cc1cccc(-c2nnc(CCC(=O)NC3CCCCCC3)o2)c1. The second-order valence-corrected chi connectivity index (χ2v) is 6.63. The summed E-state index contributed by atoms with van der Waals surface area (Å²) in [6, 6.07) is 8.29. The zero-order valence-corrected chi connectivity index (χ0v) is 14.3. The number of nitrogens with zero attached hydrogens (tertiary/aromatic N) is 2. The van der Waals surface area contributed by atoms with E-state index in [0.29, 0.717) is 30.7 Å². The van der Waals surface area contributed by atoms with E-state index in [0.717, 1.165) is 24.0 Å².